The predicted octanol–water partition coefficient (Wildman–Crippen LogP) is -0.614. The summed E-state index contributed by atoms with van der Waals surface area (Å²) < 4.78 is 25.7. The Morgan fingerprint density at radius 1 is 0.881 bits per heavy atom. The third-order valence-electron chi connectivity index (χ3n) is 5.67. The van der Waals surface area contributed by atoms with Crippen LogP contribution >= 0.6 is 0 Å². The molecule has 16 heteroatoms. The SMILES string of the molecule is CCC(CO)OC(COC(=O)NCCC(=O)NCCNC(=O)OCCOCCCC(=O)CCN1C(=O)C=CC1=O)OC. The maximum absolute atomic E-state index is 11.9. The average molecular weight is 603 g/mol. The lowest BCUT2D eigenvalue weighted by Crippen LogP contribution is -2.37. The van der Waals surface area contributed by atoms with E-state index < -0.39 is 36.4 Å². The number of nitrogens with one attached hydrogen (secondary N) is 3. The third kappa shape index (κ3) is 16.6. The van der Waals surface area contributed by atoms with Crippen LogP contribution in [-0.2, 0) is 42.9 Å². The molecule has 1 heterocycles. The van der Waals surface area contributed by atoms with Gasteiger partial charge >= 0.3 is 12.2 Å². The molecule has 0 aromatic rings. The van der Waals surface area contributed by atoms with E-state index in [2.05, 4.69) is 16.0 Å². The second kappa shape index (κ2) is 22.1. The number of alkyl carbamates (subject to hydrolysis) is 2. The van der Waals surface area contributed by atoms with Gasteiger partial charge in [-0.15, -0.1) is 0 Å². The van der Waals surface area contributed by atoms with Gasteiger partial charge in [-0.3, -0.25) is 24.1 Å². The first kappa shape index (κ1) is 36.4. The zero-order chi connectivity index (χ0) is 31.2. The number of carbonyl (C=O) groups excluding carboxylic acids is 6. The number of carbonyl (C=O) groups is 6. The van der Waals surface area contributed by atoms with Crippen LogP contribution in [0.5, 0.6) is 0 Å². The Morgan fingerprint density at radius 3 is 2.21 bits per heavy atom. The Bertz CT molecular complexity index is 892. The monoisotopic (exact) mass is 602 g/mol. The smallest absolute Gasteiger partial charge is 0.407 e. The Morgan fingerprint density at radius 2 is 1.55 bits per heavy atom. The fourth-order valence-electron chi connectivity index (χ4n) is 3.30. The van der Waals surface area contributed by atoms with Gasteiger partial charge in [0.25, 0.3) is 11.8 Å². The number of rotatable bonds is 23. The molecule has 0 saturated heterocycles. The topological polar surface area (TPSA) is 208 Å². The maximum Gasteiger partial charge on any atom is 0.407 e. The van der Waals surface area contributed by atoms with Crippen molar-refractivity contribution in [1.82, 2.24) is 20.9 Å². The van der Waals surface area contributed by atoms with Crippen LogP contribution < -0.4 is 16.0 Å². The number of methoxy groups -OCH3 is 1. The lowest BCUT2D eigenvalue weighted by atomic mass is 10.1. The van der Waals surface area contributed by atoms with Crippen molar-refractivity contribution in [2.24, 2.45) is 0 Å². The number of imide groups is 1. The van der Waals surface area contributed by atoms with Gasteiger partial charge in [0.15, 0.2) is 6.29 Å². The van der Waals surface area contributed by atoms with E-state index in [4.69, 9.17) is 28.8 Å². The average Bonchev–Trinajstić information content (AvgIpc) is 3.30. The van der Waals surface area contributed by atoms with Crippen molar-refractivity contribution in [2.75, 3.05) is 66.3 Å². The molecule has 42 heavy (non-hydrogen) atoms. The van der Waals surface area contributed by atoms with E-state index in [0.29, 0.717) is 12.8 Å². The van der Waals surface area contributed by atoms with Gasteiger partial charge in [0.05, 0.1) is 19.3 Å². The number of Topliss-reactive ketones (excluding diaryl/α,β-unsaturated/α-hetero) is 1. The molecular weight excluding hydrogens is 560 g/mol. The number of hydrogen-bond acceptors (Lipinski definition) is 12. The fourth-order valence-corrected chi connectivity index (χ4v) is 3.30. The van der Waals surface area contributed by atoms with Crippen molar-refractivity contribution in [3.63, 3.8) is 0 Å². The van der Waals surface area contributed by atoms with Gasteiger partial charge in [-0.25, -0.2) is 9.59 Å². The molecule has 238 valence electrons. The molecule has 0 saturated carbocycles. The molecule has 0 bridgehead atoms. The van der Waals surface area contributed by atoms with E-state index in [1.165, 1.54) is 19.3 Å². The molecule has 1 rings (SSSR count). The Balaban J connectivity index is 1.96. The molecule has 0 aromatic carbocycles. The van der Waals surface area contributed by atoms with Crippen molar-refractivity contribution in [3.8, 4) is 0 Å². The summed E-state index contributed by atoms with van der Waals surface area (Å²) >= 11 is 0. The minimum Gasteiger partial charge on any atom is -0.447 e. The number of aliphatic hydroxyl groups is 1. The van der Waals surface area contributed by atoms with E-state index in [0.717, 1.165) is 4.90 Å². The summed E-state index contributed by atoms with van der Waals surface area (Å²) in [5, 5.41) is 16.6. The second-order valence-corrected chi connectivity index (χ2v) is 8.87. The molecular formula is C26H42N4O12. The van der Waals surface area contributed by atoms with Crippen molar-refractivity contribution in [2.45, 2.75) is 51.4 Å². The van der Waals surface area contributed by atoms with Crippen molar-refractivity contribution in [3.05, 3.63) is 12.2 Å². The van der Waals surface area contributed by atoms with Crippen LogP contribution in [0.2, 0.25) is 0 Å². The maximum atomic E-state index is 11.9. The standard InChI is InChI=1S/C26H42N4O12/c1-3-20(17-31)42-24(38-2)18-41-26(37)28-10-8-21(33)27-11-12-29-25(36)40-16-15-39-14-4-5-19(32)9-13-30-22(34)6-7-23(30)35/h6-7,20,24,31H,3-5,8-18H2,1-2H3,(H,27,33)(H,28,37)(H,29,36). The molecule has 1 aliphatic rings. The highest BCUT2D eigenvalue weighted by Crippen LogP contribution is 2.06. The summed E-state index contributed by atoms with van der Waals surface area (Å²) in [4.78, 5) is 71.0. The van der Waals surface area contributed by atoms with Gasteiger partial charge in [-0.05, 0) is 12.8 Å². The van der Waals surface area contributed by atoms with Gasteiger partial charge in [0.1, 0.15) is 19.0 Å². The first-order chi connectivity index (χ1) is 20.2. The van der Waals surface area contributed by atoms with Crippen LogP contribution in [0.25, 0.3) is 0 Å². The van der Waals surface area contributed by atoms with Crippen LogP contribution in [0.3, 0.4) is 0 Å². The minimum atomic E-state index is -0.830. The van der Waals surface area contributed by atoms with Crippen LogP contribution in [-0.4, -0.2) is 124 Å². The van der Waals surface area contributed by atoms with Gasteiger partial charge < -0.3 is 44.7 Å². The summed E-state index contributed by atoms with van der Waals surface area (Å²) in [7, 11) is 1.38. The van der Waals surface area contributed by atoms with Crippen LogP contribution in [0.1, 0.15) is 39.0 Å². The van der Waals surface area contributed by atoms with Crippen LogP contribution in [0.4, 0.5) is 9.59 Å². The molecule has 2 unspecified atom stereocenters. The van der Waals surface area contributed by atoms with Gasteiger partial charge in [-0.1, -0.05) is 6.92 Å². The first-order valence-electron chi connectivity index (χ1n) is 13.7. The fraction of sp³-hybridized carbons (Fsp3) is 0.692. The molecule has 5 amide bonds. The van der Waals surface area contributed by atoms with Crippen molar-refractivity contribution in [1.29, 1.82) is 0 Å². The summed E-state index contributed by atoms with van der Waals surface area (Å²) in [5.41, 5.74) is 0. The number of nitrogens with zero attached hydrogens (tertiary/aromatic N) is 1. The van der Waals surface area contributed by atoms with Gasteiger partial charge in [0, 0.05) is 71.3 Å². The number of ether oxygens (including phenoxy) is 5. The van der Waals surface area contributed by atoms with Crippen LogP contribution in [0.15, 0.2) is 12.2 Å². The number of hydrogen-bond donors (Lipinski definition) is 4. The van der Waals surface area contributed by atoms with E-state index in [1.54, 1.807) is 0 Å². The van der Waals surface area contributed by atoms with E-state index in [9.17, 15) is 28.8 Å². The highest BCUT2D eigenvalue weighted by Gasteiger charge is 2.23. The molecule has 0 radical (unpaired) electrons. The second-order valence-electron chi connectivity index (χ2n) is 8.87. The van der Waals surface area contributed by atoms with Crippen molar-refractivity contribution < 1.29 is 57.6 Å². The zero-order valence-corrected chi connectivity index (χ0v) is 24.1. The summed E-state index contributed by atoms with van der Waals surface area (Å²) in [6.07, 6.45) is 0.982. The third-order valence-corrected chi connectivity index (χ3v) is 5.67. The summed E-state index contributed by atoms with van der Waals surface area (Å²) in [6, 6.07) is 0. The minimum absolute atomic E-state index is 0.00202. The Kier molecular flexibility index (Phi) is 19.1. The number of amides is 5. The van der Waals surface area contributed by atoms with E-state index in [-0.39, 0.29) is 90.2 Å². The molecule has 2 atom stereocenters. The molecule has 16 nitrogen and oxygen atoms in total. The summed E-state index contributed by atoms with van der Waals surface area (Å²) in [5.74, 6) is -1.27. The molecule has 0 fully saturated rings. The first-order valence-corrected chi connectivity index (χ1v) is 13.7. The molecule has 0 aliphatic carbocycles. The largest absolute Gasteiger partial charge is 0.447 e. The molecule has 0 spiro atoms. The highest BCUT2D eigenvalue weighted by molar-refractivity contribution is 6.13. The quantitative estimate of drug-likeness (QED) is 0.0656. The van der Waals surface area contributed by atoms with Gasteiger partial charge in [-0.2, -0.15) is 0 Å². The number of aliphatic hydroxyl groups excluding tert-OH is 1. The molecule has 0 aromatic heterocycles. The highest BCUT2D eigenvalue weighted by atomic mass is 16.7. The molecule has 1 aliphatic heterocycles. The molecule has 4 N–H and O–H groups in total. The number of ketones is 1. The van der Waals surface area contributed by atoms with Gasteiger partial charge in [0.2, 0.25) is 5.91 Å². The van der Waals surface area contributed by atoms with Crippen molar-refractivity contribution >= 4 is 35.7 Å². The Hall–Kier alpha value is -3.60. The lowest BCUT2D eigenvalue weighted by molar-refractivity contribution is -0.181. The lowest BCUT2D eigenvalue weighted by Gasteiger charge is -2.21. The normalized spacial score (nSPS) is 13.9. The van der Waals surface area contributed by atoms with E-state index >= 15 is 0 Å². The Labute approximate surface area is 244 Å². The van der Waals surface area contributed by atoms with E-state index in [1.807, 2.05) is 6.92 Å². The predicted molar refractivity (Wildman–Crippen MR) is 145 cm³/mol. The summed E-state index contributed by atoms with van der Waals surface area (Å²) in [6.45, 7) is 2.23. The van der Waals surface area contributed by atoms with Crippen LogP contribution in [0, 0.1) is 0 Å². The zero-order valence-electron chi connectivity index (χ0n) is 24.1.